The Labute approximate surface area is 160 Å². The van der Waals surface area contributed by atoms with Gasteiger partial charge < -0.3 is 19.5 Å². The number of carbonyl (C=O) groups excluding carboxylic acids is 2. The highest BCUT2D eigenvalue weighted by molar-refractivity contribution is 5.95. The van der Waals surface area contributed by atoms with E-state index < -0.39 is 23.4 Å². The molecule has 3 rings (SSSR count). The van der Waals surface area contributed by atoms with E-state index in [2.05, 4.69) is 10.5 Å². The number of hydrogen-bond acceptors (Lipinski definition) is 8. The topological polar surface area (TPSA) is 128 Å². The fourth-order valence-corrected chi connectivity index (χ4v) is 3.02. The second-order valence-corrected chi connectivity index (χ2v) is 6.46. The van der Waals surface area contributed by atoms with Crippen LogP contribution in [0.3, 0.4) is 0 Å². The van der Waals surface area contributed by atoms with Crippen molar-refractivity contribution in [2.45, 2.75) is 26.2 Å². The predicted molar refractivity (Wildman–Crippen MR) is 99.3 cm³/mol. The number of ether oxygens (including phenoxy) is 1. The van der Waals surface area contributed by atoms with Crippen molar-refractivity contribution >= 4 is 29.1 Å². The Balaban J connectivity index is 1.65. The van der Waals surface area contributed by atoms with Crippen LogP contribution in [0.4, 0.5) is 17.2 Å². The van der Waals surface area contributed by atoms with E-state index >= 15 is 0 Å². The van der Waals surface area contributed by atoms with Gasteiger partial charge in [-0.05, 0) is 38.3 Å². The predicted octanol–water partition coefficient (Wildman–Crippen LogP) is 2.68. The van der Waals surface area contributed by atoms with Crippen LogP contribution in [0.15, 0.2) is 28.8 Å². The first-order valence-electron chi connectivity index (χ1n) is 8.88. The summed E-state index contributed by atoms with van der Waals surface area (Å²) in [6.07, 6.45) is 3.05. The summed E-state index contributed by atoms with van der Waals surface area (Å²) in [5, 5.41) is 17.5. The molecule has 0 atom stereocenters. The molecule has 10 nitrogen and oxygen atoms in total. The van der Waals surface area contributed by atoms with Gasteiger partial charge in [0.1, 0.15) is 11.4 Å². The van der Waals surface area contributed by atoms with Crippen LogP contribution in [0.5, 0.6) is 0 Å². The van der Waals surface area contributed by atoms with E-state index in [-0.39, 0.29) is 17.1 Å². The third-order valence-electron chi connectivity index (χ3n) is 4.33. The zero-order chi connectivity index (χ0) is 20.1. The second-order valence-electron chi connectivity index (χ2n) is 6.46. The first kappa shape index (κ1) is 19.3. The van der Waals surface area contributed by atoms with Crippen LogP contribution in [-0.4, -0.2) is 41.7 Å². The number of rotatable bonds is 6. The molecule has 1 amide bonds. The van der Waals surface area contributed by atoms with Crippen LogP contribution in [0.1, 0.15) is 35.4 Å². The van der Waals surface area contributed by atoms with Gasteiger partial charge in [-0.1, -0.05) is 5.16 Å². The Morgan fingerprint density at radius 3 is 2.68 bits per heavy atom. The Morgan fingerprint density at radius 2 is 2.04 bits per heavy atom. The van der Waals surface area contributed by atoms with Crippen LogP contribution < -0.4 is 10.2 Å². The number of nitrogens with zero attached hydrogens (tertiary/aromatic N) is 3. The molecule has 1 saturated heterocycles. The minimum Gasteiger partial charge on any atom is -0.452 e. The number of aromatic nitrogens is 1. The van der Waals surface area contributed by atoms with Crippen molar-refractivity contribution < 1.29 is 23.8 Å². The molecule has 2 aromatic rings. The molecule has 0 radical (unpaired) electrons. The van der Waals surface area contributed by atoms with Gasteiger partial charge in [0, 0.05) is 25.2 Å². The number of hydrogen-bond donors (Lipinski definition) is 1. The Morgan fingerprint density at radius 1 is 1.29 bits per heavy atom. The highest BCUT2D eigenvalue weighted by atomic mass is 16.6. The standard InChI is InChI=1S/C18H20N4O6/c1-12-9-16(20-28-12)19-17(23)11-27-18(24)13-5-6-14(15(10-13)22(25)26)21-7-3-2-4-8-21/h5-6,9-10H,2-4,7-8,11H2,1H3,(H,19,20,23). The van der Waals surface area contributed by atoms with Crippen molar-refractivity contribution in [3.05, 3.63) is 45.7 Å². The normalized spacial score (nSPS) is 13.8. The molecule has 1 fully saturated rings. The lowest BCUT2D eigenvalue weighted by atomic mass is 10.1. The lowest BCUT2D eigenvalue weighted by Crippen LogP contribution is -2.30. The lowest BCUT2D eigenvalue weighted by molar-refractivity contribution is -0.384. The molecule has 2 heterocycles. The lowest BCUT2D eigenvalue weighted by Gasteiger charge is -2.28. The summed E-state index contributed by atoms with van der Waals surface area (Å²) < 4.78 is 9.76. The molecule has 0 saturated carbocycles. The number of amides is 1. The first-order chi connectivity index (χ1) is 13.4. The van der Waals surface area contributed by atoms with Gasteiger partial charge in [-0.25, -0.2) is 4.79 Å². The van der Waals surface area contributed by atoms with E-state index in [9.17, 15) is 19.7 Å². The van der Waals surface area contributed by atoms with Gasteiger partial charge in [0.05, 0.1) is 10.5 Å². The molecular weight excluding hydrogens is 368 g/mol. The number of nitrogens with one attached hydrogen (secondary N) is 1. The highest BCUT2D eigenvalue weighted by Gasteiger charge is 2.23. The Kier molecular flexibility index (Phi) is 5.87. The maximum Gasteiger partial charge on any atom is 0.338 e. The summed E-state index contributed by atoms with van der Waals surface area (Å²) >= 11 is 0. The van der Waals surface area contributed by atoms with Crippen LogP contribution in [0.2, 0.25) is 0 Å². The number of benzene rings is 1. The largest absolute Gasteiger partial charge is 0.452 e. The number of aryl methyl sites for hydroxylation is 1. The second kappa shape index (κ2) is 8.51. The van der Waals surface area contributed by atoms with Gasteiger partial charge in [-0.2, -0.15) is 0 Å². The smallest absolute Gasteiger partial charge is 0.338 e. The molecule has 1 aliphatic rings. The molecule has 1 aliphatic heterocycles. The number of nitro groups is 1. The summed E-state index contributed by atoms with van der Waals surface area (Å²) in [6, 6.07) is 5.73. The first-order valence-corrected chi connectivity index (χ1v) is 8.88. The zero-order valence-corrected chi connectivity index (χ0v) is 15.3. The van der Waals surface area contributed by atoms with Crippen molar-refractivity contribution in [2.24, 2.45) is 0 Å². The molecular formula is C18H20N4O6. The van der Waals surface area contributed by atoms with E-state index in [1.165, 1.54) is 18.2 Å². The van der Waals surface area contributed by atoms with Gasteiger partial charge in [0.2, 0.25) is 0 Å². The van der Waals surface area contributed by atoms with E-state index in [1.807, 2.05) is 4.90 Å². The van der Waals surface area contributed by atoms with Gasteiger partial charge in [0.15, 0.2) is 12.4 Å². The molecule has 1 aromatic carbocycles. The summed E-state index contributed by atoms with van der Waals surface area (Å²) in [7, 11) is 0. The minimum atomic E-state index is -0.820. The number of nitro benzene ring substituents is 1. The monoisotopic (exact) mass is 388 g/mol. The quantitative estimate of drug-likeness (QED) is 0.454. The van der Waals surface area contributed by atoms with Gasteiger partial charge in [0.25, 0.3) is 11.6 Å². The number of carbonyl (C=O) groups is 2. The van der Waals surface area contributed by atoms with Gasteiger partial charge in [-0.15, -0.1) is 0 Å². The summed E-state index contributed by atoms with van der Waals surface area (Å²) in [6.45, 7) is 2.61. The molecule has 1 aromatic heterocycles. The maximum absolute atomic E-state index is 12.2. The average molecular weight is 388 g/mol. The van der Waals surface area contributed by atoms with Crippen molar-refractivity contribution in [3.8, 4) is 0 Å². The van der Waals surface area contributed by atoms with Crippen LogP contribution in [0, 0.1) is 17.0 Å². The summed E-state index contributed by atoms with van der Waals surface area (Å²) in [5.41, 5.74) is 0.344. The van der Waals surface area contributed by atoms with Crippen molar-refractivity contribution in [3.63, 3.8) is 0 Å². The molecule has 0 spiro atoms. The SMILES string of the molecule is Cc1cc(NC(=O)COC(=O)c2ccc(N3CCCCC3)c([N+](=O)[O-])c2)no1. The zero-order valence-electron chi connectivity index (χ0n) is 15.3. The van der Waals surface area contributed by atoms with Crippen LogP contribution in [-0.2, 0) is 9.53 Å². The van der Waals surface area contributed by atoms with Crippen molar-refractivity contribution in [1.82, 2.24) is 5.16 Å². The highest BCUT2D eigenvalue weighted by Crippen LogP contribution is 2.31. The van der Waals surface area contributed by atoms with Crippen molar-refractivity contribution in [2.75, 3.05) is 29.9 Å². The molecule has 0 bridgehead atoms. The fraction of sp³-hybridized carbons (Fsp3) is 0.389. The number of anilines is 2. The molecule has 1 N–H and O–H groups in total. The summed E-state index contributed by atoms with van der Waals surface area (Å²) in [4.78, 5) is 36.9. The summed E-state index contributed by atoms with van der Waals surface area (Å²) in [5.74, 6) is -0.686. The van der Waals surface area contributed by atoms with E-state index in [0.29, 0.717) is 11.4 Å². The number of piperidine rings is 1. The molecule has 0 unspecified atom stereocenters. The van der Waals surface area contributed by atoms with Crippen LogP contribution in [0.25, 0.3) is 0 Å². The maximum atomic E-state index is 12.2. The number of esters is 1. The Hall–Kier alpha value is -3.43. The third-order valence-corrected chi connectivity index (χ3v) is 4.33. The average Bonchev–Trinajstić information content (AvgIpc) is 3.10. The molecule has 10 heteroatoms. The van der Waals surface area contributed by atoms with E-state index in [1.54, 1.807) is 13.0 Å². The Bertz CT molecular complexity index is 888. The van der Waals surface area contributed by atoms with Crippen molar-refractivity contribution in [1.29, 1.82) is 0 Å². The molecule has 0 aliphatic carbocycles. The van der Waals surface area contributed by atoms with Gasteiger partial charge in [-0.3, -0.25) is 14.9 Å². The molecule has 148 valence electrons. The minimum absolute atomic E-state index is 0.0116. The van der Waals surface area contributed by atoms with Gasteiger partial charge >= 0.3 is 5.97 Å². The fourth-order valence-electron chi connectivity index (χ4n) is 3.02. The molecule has 28 heavy (non-hydrogen) atoms. The van der Waals surface area contributed by atoms with Crippen LogP contribution >= 0.6 is 0 Å². The van der Waals surface area contributed by atoms with E-state index in [4.69, 9.17) is 9.26 Å². The third kappa shape index (κ3) is 4.64. The van der Waals surface area contributed by atoms with E-state index in [0.717, 1.165) is 32.4 Å².